The fourth-order valence-corrected chi connectivity index (χ4v) is 5.60. The number of methoxy groups -OCH3 is 1. The van der Waals surface area contributed by atoms with Crippen molar-refractivity contribution in [3.63, 3.8) is 0 Å². The highest BCUT2D eigenvalue weighted by molar-refractivity contribution is 7.22. The number of nitrogens with zero attached hydrogens (tertiary/aromatic N) is 2. The number of thiazole rings is 1. The van der Waals surface area contributed by atoms with Gasteiger partial charge in [0.1, 0.15) is 5.75 Å². The van der Waals surface area contributed by atoms with Gasteiger partial charge in [0.15, 0.2) is 28.2 Å². The number of carbonyl (C=O) groups excluding carboxylic acids is 2. The molecule has 0 saturated carbocycles. The summed E-state index contributed by atoms with van der Waals surface area (Å²) < 4.78 is 17.6. The first-order valence-electron chi connectivity index (χ1n) is 12.8. The molecule has 1 aliphatic heterocycles. The molecule has 1 amide bonds. The lowest BCUT2D eigenvalue weighted by molar-refractivity contribution is -0.117. The first-order chi connectivity index (χ1) is 19.4. The van der Waals surface area contributed by atoms with Crippen LogP contribution in [0.2, 0.25) is 0 Å². The number of ketones is 1. The molecule has 40 heavy (non-hydrogen) atoms. The molecular formula is C31H28N2O6S. The Morgan fingerprint density at radius 3 is 2.52 bits per heavy atom. The summed E-state index contributed by atoms with van der Waals surface area (Å²) in [6, 6.07) is 19.1. The molecule has 0 bridgehead atoms. The Balaban J connectivity index is 1.62. The van der Waals surface area contributed by atoms with Crippen LogP contribution in [-0.2, 0) is 9.59 Å². The summed E-state index contributed by atoms with van der Waals surface area (Å²) >= 11 is 1.27. The molecule has 0 aliphatic carbocycles. The zero-order valence-corrected chi connectivity index (χ0v) is 23.1. The third-order valence-corrected chi connectivity index (χ3v) is 7.39. The number of rotatable bonds is 10. The molecule has 0 spiro atoms. The maximum atomic E-state index is 13.6. The van der Waals surface area contributed by atoms with Gasteiger partial charge in [-0.15, -0.1) is 0 Å². The second-order valence-electron chi connectivity index (χ2n) is 8.85. The number of hydrogen-bond acceptors (Lipinski definition) is 8. The van der Waals surface area contributed by atoms with Crippen LogP contribution >= 0.6 is 11.3 Å². The molecule has 2 heterocycles. The van der Waals surface area contributed by atoms with Crippen molar-refractivity contribution < 1.29 is 28.9 Å². The summed E-state index contributed by atoms with van der Waals surface area (Å²) in [6.45, 7) is 4.72. The van der Waals surface area contributed by atoms with Crippen molar-refractivity contribution in [2.75, 3.05) is 25.2 Å². The highest BCUT2D eigenvalue weighted by Gasteiger charge is 2.45. The third kappa shape index (κ3) is 5.15. The maximum absolute atomic E-state index is 13.6. The number of amides is 1. The second kappa shape index (κ2) is 11.6. The second-order valence-corrected chi connectivity index (χ2v) is 9.86. The predicted octanol–water partition coefficient (Wildman–Crippen LogP) is 6.28. The lowest BCUT2D eigenvalue weighted by Crippen LogP contribution is -2.30. The molecule has 1 unspecified atom stereocenters. The van der Waals surface area contributed by atoms with E-state index >= 15 is 0 Å². The van der Waals surface area contributed by atoms with Crippen LogP contribution in [-0.4, -0.2) is 42.1 Å². The van der Waals surface area contributed by atoms with E-state index in [0.29, 0.717) is 46.7 Å². The SMILES string of the molecule is CCOc1ccc2nc(N3C(=O)C(O)=C(C(=O)C=Cc4ccccc4)C3c3ccc(OCC)c(OC)c3)sc2c1. The van der Waals surface area contributed by atoms with Gasteiger partial charge in [-0.05, 0) is 61.4 Å². The van der Waals surface area contributed by atoms with E-state index < -0.39 is 23.5 Å². The topological polar surface area (TPSA) is 98.2 Å². The Labute approximate surface area is 235 Å². The lowest BCUT2D eigenvalue weighted by atomic mass is 9.95. The number of carbonyl (C=O) groups is 2. The minimum Gasteiger partial charge on any atom is -0.503 e. The highest BCUT2D eigenvalue weighted by Crippen LogP contribution is 2.45. The van der Waals surface area contributed by atoms with E-state index in [9.17, 15) is 14.7 Å². The van der Waals surface area contributed by atoms with Crippen LogP contribution in [0.1, 0.15) is 31.0 Å². The number of aliphatic hydroxyl groups is 1. The first kappa shape index (κ1) is 27.0. The average molecular weight is 557 g/mol. The van der Waals surface area contributed by atoms with Gasteiger partial charge >= 0.3 is 0 Å². The zero-order chi connectivity index (χ0) is 28.2. The van der Waals surface area contributed by atoms with Gasteiger partial charge in [0, 0.05) is 0 Å². The average Bonchev–Trinajstić information content (AvgIpc) is 3.50. The number of aliphatic hydroxyl groups excluding tert-OH is 1. The molecule has 1 atom stereocenters. The van der Waals surface area contributed by atoms with Gasteiger partial charge in [-0.3, -0.25) is 14.5 Å². The Morgan fingerprint density at radius 1 is 1.02 bits per heavy atom. The molecule has 4 aromatic rings. The molecule has 5 rings (SSSR count). The minimum absolute atomic E-state index is 0.0438. The highest BCUT2D eigenvalue weighted by atomic mass is 32.1. The van der Waals surface area contributed by atoms with E-state index in [4.69, 9.17) is 14.2 Å². The van der Waals surface area contributed by atoms with E-state index in [1.807, 2.05) is 62.4 Å². The van der Waals surface area contributed by atoms with Crippen LogP contribution in [0.3, 0.4) is 0 Å². The Kier molecular flexibility index (Phi) is 7.84. The molecule has 1 aliphatic rings. The first-order valence-corrected chi connectivity index (χ1v) is 13.6. The van der Waals surface area contributed by atoms with Crippen molar-refractivity contribution in [2.24, 2.45) is 0 Å². The van der Waals surface area contributed by atoms with Crippen LogP contribution < -0.4 is 19.1 Å². The molecule has 9 heteroatoms. The van der Waals surface area contributed by atoms with E-state index in [2.05, 4.69) is 4.98 Å². The van der Waals surface area contributed by atoms with Crippen molar-refractivity contribution in [2.45, 2.75) is 19.9 Å². The van der Waals surface area contributed by atoms with Gasteiger partial charge in [-0.1, -0.05) is 53.8 Å². The van der Waals surface area contributed by atoms with Crippen LogP contribution in [0.15, 0.2) is 84.1 Å². The summed E-state index contributed by atoms with van der Waals surface area (Å²) in [5.41, 5.74) is 2.00. The van der Waals surface area contributed by atoms with Crippen LogP contribution in [0.4, 0.5) is 5.13 Å². The van der Waals surface area contributed by atoms with E-state index in [0.717, 1.165) is 10.3 Å². The molecule has 0 saturated heterocycles. The minimum atomic E-state index is -0.947. The fourth-order valence-electron chi connectivity index (χ4n) is 4.58. The van der Waals surface area contributed by atoms with Crippen LogP contribution in [0, 0.1) is 0 Å². The number of allylic oxidation sites excluding steroid dienone is 1. The standard InChI is InChI=1S/C31H28N2O6S/c1-4-38-21-13-14-22-26(18-21)40-31(32-22)33-28(20-12-16-24(39-5-2)25(17-20)37-3)27(29(35)30(33)36)23(34)15-11-19-9-7-6-8-10-19/h6-18,28,35H,4-5H2,1-3H3. The number of benzene rings is 3. The predicted molar refractivity (Wildman–Crippen MR) is 155 cm³/mol. The number of aromatic nitrogens is 1. The summed E-state index contributed by atoms with van der Waals surface area (Å²) in [5.74, 6) is -0.162. The number of hydrogen-bond donors (Lipinski definition) is 1. The summed E-state index contributed by atoms with van der Waals surface area (Å²) in [6.07, 6.45) is 3.02. The monoisotopic (exact) mass is 556 g/mol. The van der Waals surface area contributed by atoms with Gasteiger partial charge < -0.3 is 19.3 Å². The van der Waals surface area contributed by atoms with E-state index in [-0.39, 0.29) is 5.57 Å². The van der Waals surface area contributed by atoms with Gasteiger partial charge in [0.2, 0.25) is 0 Å². The summed E-state index contributed by atoms with van der Waals surface area (Å²) in [5, 5.41) is 11.4. The molecule has 0 radical (unpaired) electrons. The zero-order valence-electron chi connectivity index (χ0n) is 22.3. The number of ether oxygens (including phenoxy) is 3. The smallest absolute Gasteiger partial charge is 0.296 e. The number of anilines is 1. The normalized spacial score (nSPS) is 15.3. The molecular weight excluding hydrogens is 528 g/mol. The fraction of sp³-hybridized carbons (Fsp3) is 0.194. The largest absolute Gasteiger partial charge is 0.503 e. The maximum Gasteiger partial charge on any atom is 0.296 e. The van der Waals surface area contributed by atoms with E-state index in [1.165, 1.54) is 29.4 Å². The van der Waals surface area contributed by atoms with Gasteiger partial charge in [0.05, 0.1) is 42.2 Å². The Hall–Kier alpha value is -4.63. The van der Waals surface area contributed by atoms with Crippen molar-refractivity contribution in [3.05, 3.63) is 95.3 Å². The Morgan fingerprint density at radius 2 is 1.80 bits per heavy atom. The van der Waals surface area contributed by atoms with Crippen molar-refractivity contribution in [1.82, 2.24) is 4.98 Å². The Bertz CT molecular complexity index is 1630. The van der Waals surface area contributed by atoms with Crippen molar-refractivity contribution in [1.29, 1.82) is 0 Å². The van der Waals surface area contributed by atoms with Crippen LogP contribution in [0.25, 0.3) is 16.3 Å². The van der Waals surface area contributed by atoms with Crippen molar-refractivity contribution >= 4 is 44.5 Å². The summed E-state index contributed by atoms with van der Waals surface area (Å²) in [4.78, 5) is 33.2. The van der Waals surface area contributed by atoms with Gasteiger partial charge in [-0.25, -0.2) is 4.98 Å². The third-order valence-electron chi connectivity index (χ3n) is 6.37. The van der Waals surface area contributed by atoms with Gasteiger partial charge in [-0.2, -0.15) is 0 Å². The van der Waals surface area contributed by atoms with Crippen LogP contribution in [0.5, 0.6) is 17.2 Å². The number of fused-ring (bicyclic) bond motifs is 1. The molecule has 3 aromatic carbocycles. The molecule has 204 valence electrons. The molecule has 1 N–H and O–H groups in total. The molecule has 1 aromatic heterocycles. The molecule has 8 nitrogen and oxygen atoms in total. The quantitative estimate of drug-likeness (QED) is 0.229. The van der Waals surface area contributed by atoms with E-state index in [1.54, 1.807) is 24.3 Å². The summed E-state index contributed by atoms with van der Waals surface area (Å²) in [7, 11) is 1.52. The van der Waals surface area contributed by atoms with Gasteiger partial charge in [0.25, 0.3) is 5.91 Å². The lowest BCUT2D eigenvalue weighted by Gasteiger charge is -2.25. The van der Waals surface area contributed by atoms with Crippen molar-refractivity contribution in [3.8, 4) is 17.2 Å². The molecule has 0 fully saturated rings.